The Morgan fingerprint density at radius 1 is 1.36 bits per heavy atom. The third kappa shape index (κ3) is 2.29. The van der Waals surface area contributed by atoms with Crippen LogP contribution < -0.4 is 5.32 Å². The molecular formula is C16H16N4OS. The number of rotatable bonds is 2. The standard InChI is InChI=1S/C16H16N4OS/c1-10-18-19-15-7-6-12(9-20(10)15)17-16(21)14-8-11-4-2-3-5-13(11)22-14/h2-5,8,12H,6-7,9H2,1H3,(H,17,21). The van der Waals surface area contributed by atoms with Gasteiger partial charge in [0, 0.05) is 23.7 Å². The minimum Gasteiger partial charge on any atom is -0.347 e. The lowest BCUT2D eigenvalue weighted by atomic mass is 10.1. The molecule has 0 radical (unpaired) electrons. The maximum Gasteiger partial charge on any atom is 0.261 e. The maximum atomic E-state index is 12.5. The SMILES string of the molecule is Cc1nnc2n1CC(NC(=O)c1cc3ccccc3s1)CC2. The van der Waals surface area contributed by atoms with Crippen LogP contribution in [0.5, 0.6) is 0 Å². The second-order valence-corrected chi connectivity index (χ2v) is 6.72. The van der Waals surface area contributed by atoms with E-state index in [0.29, 0.717) is 0 Å². The van der Waals surface area contributed by atoms with E-state index in [2.05, 4.69) is 20.1 Å². The Kier molecular flexibility index (Phi) is 3.18. The summed E-state index contributed by atoms with van der Waals surface area (Å²) in [6, 6.07) is 10.2. The summed E-state index contributed by atoms with van der Waals surface area (Å²) in [5.41, 5.74) is 0. The molecule has 0 saturated carbocycles. The van der Waals surface area contributed by atoms with E-state index in [1.54, 1.807) is 11.3 Å². The number of hydrogen-bond acceptors (Lipinski definition) is 4. The van der Waals surface area contributed by atoms with Gasteiger partial charge >= 0.3 is 0 Å². The predicted octanol–water partition coefficient (Wildman–Crippen LogP) is 2.55. The van der Waals surface area contributed by atoms with Crippen molar-refractivity contribution in [2.24, 2.45) is 0 Å². The Labute approximate surface area is 132 Å². The predicted molar refractivity (Wildman–Crippen MR) is 86.2 cm³/mol. The minimum atomic E-state index is 0.0142. The lowest BCUT2D eigenvalue weighted by Crippen LogP contribution is -2.41. The molecule has 4 rings (SSSR count). The summed E-state index contributed by atoms with van der Waals surface area (Å²) in [6.45, 7) is 2.71. The largest absolute Gasteiger partial charge is 0.347 e. The van der Waals surface area contributed by atoms with Crippen molar-refractivity contribution in [1.29, 1.82) is 0 Å². The van der Waals surface area contributed by atoms with E-state index in [1.165, 1.54) is 0 Å². The fraction of sp³-hybridized carbons (Fsp3) is 0.312. The van der Waals surface area contributed by atoms with Gasteiger partial charge in [-0.05, 0) is 30.9 Å². The van der Waals surface area contributed by atoms with E-state index in [9.17, 15) is 4.79 Å². The summed E-state index contributed by atoms with van der Waals surface area (Å²) >= 11 is 1.54. The first-order chi connectivity index (χ1) is 10.7. The molecule has 1 unspecified atom stereocenters. The molecule has 0 aliphatic carbocycles. The minimum absolute atomic E-state index is 0.0142. The van der Waals surface area contributed by atoms with E-state index in [-0.39, 0.29) is 11.9 Å². The van der Waals surface area contributed by atoms with E-state index in [4.69, 9.17) is 0 Å². The van der Waals surface area contributed by atoms with Gasteiger partial charge in [0.15, 0.2) is 0 Å². The first kappa shape index (κ1) is 13.5. The highest BCUT2D eigenvalue weighted by atomic mass is 32.1. The number of carbonyl (C=O) groups excluding carboxylic acids is 1. The Morgan fingerprint density at radius 3 is 3.09 bits per heavy atom. The normalized spacial score (nSPS) is 17.4. The average molecular weight is 312 g/mol. The second-order valence-electron chi connectivity index (χ2n) is 5.63. The molecular weight excluding hydrogens is 296 g/mol. The molecule has 0 fully saturated rings. The fourth-order valence-corrected chi connectivity index (χ4v) is 3.90. The lowest BCUT2D eigenvalue weighted by Gasteiger charge is -2.24. The van der Waals surface area contributed by atoms with Crippen LogP contribution in [0.4, 0.5) is 0 Å². The molecule has 5 nitrogen and oxygen atoms in total. The number of aromatic nitrogens is 3. The number of aryl methyl sites for hydroxylation is 2. The Morgan fingerprint density at radius 2 is 2.23 bits per heavy atom. The van der Waals surface area contributed by atoms with Crippen LogP contribution in [0.25, 0.3) is 10.1 Å². The third-order valence-electron chi connectivity index (χ3n) is 4.12. The summed E-state index contributed by atoms with van der Waals surface area (Å²) in [6.07, 6.45) is 1.77. The molecule has 0 bridgehead atoms. The van der Waals surface area contributed by atoms with Crippen LogP contribution in [0.3, 0.4) is 0 Å². The molecule has 3 aromatic rings. The Hall–Kier alpha value is -2.21. The van der Waals surface area contributed by atoms with E-state index in [1.807, 2.05) is 37.3 Å². The van der Waals surface area contributed by atoms with Crippen molar-refractivity contribution in [2.45, 2.75) is 32.4 Å². The molecule has 1 aliphatic heterocycles. The van der Waals surface area contributed by atoms with Gasteiger partial charge in [0.2, 0.25) is 0 Å². The van der Waals surface area contributed by atoms with Crippen molar-refractivity contribution >= 4 is 27.3 Å². The first-order valence-corrected chi connectivity index (χ1v) is 8.20. The molecule has 1 aromatic carbocycles. The highest BCUT2D eigenvalue weighted by Gasteiger charge is 2.23. The monoisotopic (exact) mass is 312 g/mol. The number of hydrogen-bond donors (Lipinski definition) is 1. The van der Waals surface area contributed by atoms with Crippen LogP contribution in [0.15, 0.2) is 30.3 Å². The zero-order chi connectivity index (χ0) is 15.1. The van der Waals surface area contributed by atoms with E-state index in [0.717, 1.165) is 46.0 Å². The van der Waals surface area contributed by atoms with Crippen LogP contribution in [-0.2, 0) is 13.0 Å². The van der Waals surface area contributed by atoms with Gasteiger partial charge in [0.05, 0.1) is 4.88 Å². The third-order valence-corrected chi connectivity index (χ3v) is 5.23. The molecule has 1 aliphatic rings. The molecule has 112 valence electrons. The number of nitrogens with one attached hydrogen (secondary N) is 1. The number of amides is 1. The molecule has 1 amide bonds. The van der Waals surface area contributed by atoms with Gasteiger partial charge in [-0.1, -0.05) is 18.2 Å². The van der Waals surface area contributed by atoms with Crippen molar-refractivity contribution in [1.82, 2.24) is 20.1 Å². The average Bonchev–Trinajstić information content (AvgIpc) is 3.11. The maximum absolute atomic E-state index is 12.5. The van der Waals surface area contributed by atoms with Crippen molar-refractivity contribution in [3.8, 4) is 0 Å². The van der Waals surface area contributed by atoms with Gasteiger partial charge in [-0.15, -0.1) is 21.5 Å². The molecule has 22 heavy (non-hydrogen) atoms. The van der Waals surface area contributed by atoms with Crippen molar-refractivity contribution in [3.05, 3.63) is 46.9 Å². The van der Waals surface area contributed by atoms with Crippen LogP contribution in [0.2, 0.25) is 0 Å². The molecule has 0 saturated heterocycles. The molecule has 1 atom stereocenters. The lowest BCUT2D eigenvalue weighted by molar-refractivity contribution is 0.0931. The van der Waals surface area contributed by atoms with Gasteiger partial charge in [-0.3, -0.25) is 4.79 Å². The van der Waals surface area contributed by atoms with Crippen molar-refractivity contribution < 1.29 is 4.79 Å². The zero-order valence-electron chi connectivity index (χ0n) is 12.2. The summed E-state index contributed by atoms with van der Waals surface area (Å²) in [4.78, 5) is 13.2. The Bertz CT molecular complexity index is 818. The van der Waals surface area contributed by atoms with Gasteiger partial charge in [-0.25, -0.2) is 0 Å². The topological polar surface area (TPSA) is 59.8 Å². The Balaban J connectivity index is 1.51. The first-order valence-electron chi connectivity index (χ1n) is 7.39. The summed E-state index contributed by atoms with van der Waals surface area (Å²) in [5, 5.41) is 12.5. The highest BCUT2D eigenvalue weighted by Crippen LogP contribution is 2.25. The van der Waals surface area contributed by atoms with Crippen molar-refractivity contribution in [2.75, 3.05) is 0 Å². The summed E-state index contributed by atoms with van der Waals surface area (Å²) < 4.78 is 3.24. The van der Waals surface area contributed by atoms with Crippen LogP contribution >= 0.6 is 11.3 Å². The second kappa shape index (κ2) is 5.21. The number of thiophene rings is 1. The molecule has 3 heterocycles. The van der Waals surface area contributed by atoms with Gasteiger partial charge in [0.25, 0.3) is 5.91 Å². The molecule has 1 N–H and O–H groups in total. The molecule has 2 aromatic heterocycles. The molecule has 6 heteroatoms. The van der Waals surface area contributed by atoms with Crippen LogP contribution in [0, 0.1) is 6.92 Å². The number of carbonyl (C=O) groups is 1. The number of fused-ring (bicyclic) bond motifs is 2. The van der Waals surface area contributed by atoms with Gasteiger partial charge < -0.3 is 9.88 Å². The zero-order valence-corrected chi connectivity index (χ0v) is 13.1. The fourth-order valence-electron chi connectivity index (χ4n) is 2.93. The number of benzene rings is 1. The summed E-state index contributed by atoms with van der Waals surface area (Å²) in [7, 11) is 0. The van der Waals surface area contributed by atoms with Gasteiger partial charge in [-0.2, -0.15) is 0 Å². The van der Waals surface area contributed by atoms with Crippen LogP contribution in [0.1, 0.15) is 27.7 Å². The van der Waals surface area contributed by atoms with Gasteiger partial charge in [0.1, 0.15) is 11.6 Å². The summed E-state index contributed by atoms with van der Waals surface area (Å²) in [5.74, 6) is 1.95. The van der Waals surface area contributed by atoms with Crippen molar-refractivity contribution in [3.63, 3.8) is 0 Å². The van der Waals surface area contributed by atoms with E-state index >= 15 is 0 Å². The molecule has 0 spiro atoms. The highest BCUT2D eigenvalue weighted by molar-refractivity contribution is 7.20. The quantitative estimate of drug-likeness (QED) is 0.791. The number of nitrogens with zero attached hydrogens (tertiary/aromatic N) is 3. The smallest absolute Gasteiger partial charge is 0.261 e. The van der Waals surface area contributed by atoms with Crippen LogP contribution in [-0.4, -0.2) is 26.7 Å². The van der Waals surface area contributed by atoms with E-state index < -0.39 is 0 Å².